The quantitative estimate of drug-likeness (QED) is 0.286. The number of ether oxygens (including phenoxy) is 1. The molecule has 4 aliphatic rings. The second kappa shape index (κ2) is 10.3. The van der Waals surface area contributed by atoms with E-state index in [1.807, 2.05) is 0 Å². The van der Waals surface area contributed by atoms with Crippen molar-refractivity contribution in [2.45, 2.75) is 124 Å². The van der Waals surface area contributed by atoms with E-state index < -0.39 is 6.29 Å². The number of aliphatic hydroxyl groups excluding tert-OH is 1. The number of hydrogen-bond donors (Lipinski definition) is 2. The Labute approximate surface area is 204 Å². The fourth-order valence-corrected chi connectivity index (χ4v) is 9.20. The second-order valence-corrected chi connectivity index (χ2v) is 13.3. The summed E-state index contributed by atoms with van der Waals surface area (Å²) in [7, 11) is 0. The van der Waals surface area contributed by atoms with Crippen LogP contribution in [0.25, 0.3) is 0 Å². The highest BCUT2D eigenvalue weighted by atomic mass is 16.6. The molecule has 0 bridgehead atoms. The Morgan fingerprint density at radius 1 is 1.03 bits per heavy atom. The maximum absolute atomic E-state index is 10.1. The normalized spacial score (nSPS) is 42.3. The van der Waals surface area contributed by atoms with Crippen LogP contribution in [0.5, 0.6) is 0 Å². The molecule has 9 atom stereocenters. The lowest BCUT2D eigenvalue weighted by Crippen LogP contribution is -2.51. The molecule has 0 amide bonds. The monoisotopic (exact) mass is 459 g/mol. The van der Waals surface area contributed by atoms with Crippen molar-refractivity contribution in [2.24, 2.45) is 52.1 Å². The van der Waals surface area contributed by atoms with E-state index in [1.54, 1.807) is 5.57 Å². The first-order valence-corrected chi connectivity index (χ1v) is 14.4. The van der Waals surface area contributed by atoms with Crippen LogP contribution in [-0.2, 0) is 4.74 Å². The minimum Gasteiger partial charge on any atom is -0.368 e. The van der Waals surface area contributed by atoms with Crippen LogP contribution < -0.4 is 5.73 Å². The van der Waals surface area contributed by atoms with Crippen molar-refractivity contribution in [1.82, 2.24) is 0 Å². The third kappa shape index (κ3) is 4.98. The van der Waals surface area contributed by atoms with Crippen molar-refractivity contribution in [3.8, 4) is 0 Å². The second-order valence-electron chi connectivity index (χ2n) is 13.3. The molecule has 3 heteroatoms. The number of nitrogens with two attached hydrogens (primary N) is 1. The minimum atomic E-state index is -0.699. The van der Waals surface area contributed by atoms with Crippen LogP contribution in [0.2, 0.25) is 0 Å². The van der Waals surface area contributed by atoms with Gasteiger partial charge < -0.3 is 15.6 Å². The topological polar surface area (TPSA) is 55.5 Å². The minimum absolute atomic E-state index is 0.166. The van der Waals surface area contributed by atoms with Gasteiger partial charge in [-0.1, -0.05) is 65.5 Å². The van der Waals surface area contributed by atoms with Crippen molar-refractivity contribution >= 4 is 0 Å². The molecule has 1 unspecified atom stereocenters. The van der Waals surface area contributed by atoms with Crippen molar-refractivity contribution in [2.75, 3.05) is 6.54 Å². The Hall–Kier alpha value is -0.380. The van der Waals surface area contributed by atoms with E-state index in [0.29, 0.717) is 23.8 Å². The van der Waals surface area contributed by atoms with Gasteiger partial charge in [-0.05, 0) is 104 Å². The van der Waals surface area contributed by atoms with Crippen molar-refractivity contribution in [3.63, 3.8) is 0 Å². The zero-order chi connectivity index (χ0) is 23.8. The number of hydrogen-bond acceptors (Lipinski definition) is 3. The smallest absolute Gasteiger partial charge is 0.156 e. The molecule has 0 spiro atoms. The van der Waals surface area contributed by atoms with Gasteiger partial charge in [0, 0.05) is 6.42 Å². The lowest BCUT2D eigenvalue weighted by atomic mass is 9.47. The van der Waals surface area contributed by atoms with E-state index in [-0.39, 0.29) is 6.10 Å². The Kier molecular flexibility index (Phi) is 8.03. The van der Waals surface area contributed by atoms with E-state index >= 15 is 0 Å². The number of fused-ring (bicyclic) bond motifs is 5. The average molecular weight is 460 g/mol. The molecule has 3 saturated carbocycles. The highest BCUT2D eigenvalue weighted by molar-refractivity contribution is 5.25. The Morgan fingerprint density at radius 2 is 1.82 bits per heavy atom. The highest BCUT2D eigenvalue weighted by Crippen LogP contribution is 2.67. The number of allylic oxidation sites excluding steroid dienone is 1. The van der Waals surface area contributed by atoms with Crippen LogP contribution in [0, 0.1) is 46.3 Å². The third-order valence-electron chi connectivity index (χ3n) is 11.0. The summed E-state index contributed by atoms with van der Waals surface area (Å²) in [5.41, 5.74) is 8.15. The summed E-state index contributed by atoms with van der Waals surface area (Å²) in [5.74, 6) is 5.30. The largest absolute Gasteiger partial charge is 0.368 e. The van der Waals surface area contributed by atoms with Gasteiger partial charge in [0.1, 0.15) is 0 Å². The number of rotatable bonds is 9. The van der Waals surface area contributed by atoms with Gasteiger partial charge in [0.05, 0.1) is 6.10 Å². The zero-order valence-electron chi connectivity index (χ0n) is 22.3. The molecule has 33 heavy (non-hydrogen) atoms. The molecule has 3 N–H and O–H groups in total. The summed E-state index contributed by atoms with van der Waals surface area (Å²) in [6.45, 7) is 13.1. The summed E-state index contributed by atoms with van der Waals surface area (Å²) in [6.07, 6.45) is 17.2. The summed E-state index contributed by atoms with van der Waals surface area (Å²) in [4.78, 5) is 0. The van der Waals surface area contributed by atoms with E-state index in [4.69, 9.17) is 10.5 Å². The zero-order valence-corrected chi connectivity index (χ0v) is 22.3. The van der Waals surface area contributed by atoms with Gasteiger partial charge in [-0.15, -0.1) is 0 Å². The Bertz CT molecular complexity index is 689. The van der Waals surface area contributed by atoms with Gasteiger partial charge in [-0.25, -0.2) is 0 Å². The van der Waals surface area contributed by atoms with Gasteiger partial charge in [-0.2, -0.15) is 0 Å². The van der Waals surface area contributed by atoms with Crippen LogP contribution in [0.3, 0.4) is 0 Å². The molecule has 0 aromatic carbocycles. The molecule has 0 radical (unpaired) electrons. The summed E-state index contributed by atoms with van der Waals surface area (Å²) in [6, 6.07) is 0. The SMILES string of the molecule is CC(C)CCC[C@@H](C)[C@H]1CC[C@H]2[C@@H]3CC=C4C[C@@H](OC(O)CCN)CC[C@]4(C)[C@H]3CC[C@]12C. The van der Waals surface area contributed by atoms with Crippen LogP contribution >= 0.6 is 0 Å². The lowest BCUT2D eigenvalue weighted by Gasteiger charge is -2.58. The summed E-state index contributed by atoms with van der Waals surface area (Å²) >= 11 is 0. The maximum Gasteiger partial charge on any atom is 0.156 e. The fourth-order valence-electron chi connectivity index (χ4n) is 9.20. The predicted molar refractivity (Wildman–Crippen MR) is 138 cm³/mol. The third-order valence-corrected chi connectivity index (χ3v) is 11.0. The maximum atomic E-state index is 10.1. The van der Waals surface area contributed by atoms with Gasteiger partial charge in [0.2, 0.25) is 0 Å². The molecule has 0 aromatic heterocycles. The van der Waals surface area contributed by atoms with E-state index in [9.17, 15) is 5.11 Å². The van der Waals surface area contributed by atoms with Crippen molar-refractivity contribution in [1.29, 1.82) is 0 Å². The van der Waals surface area contributed by atoms with Crippen molar-refractivity contribution < 1.29 is 9.84 Å². The standard InChI is InChI=1S/C30H53NO2/c1-20(2)7-6-8-21(3)25-11-12-26-24-10-9-22-19-23(33-28(32)15-18-31)13-16-29(22,4)27(24)14-17-30(25,26)5/h9,20-21,23-28,32H,6-8,10-19,31H2,1-5H3/t21-,23+,24+,25-,26+,27+,28?,29+,30-/m1/s1. The molecule has 0 aliphatic heterocycles. The van der Waals surface area contributed by atoms with Gasteiger partial charge in [0.25, 0.3) is 0 Å². The highest BCUT2D eigenvalue weighted by Gasteiger charge is 2.59. The van der Waals surface area contributed by atoms with E-state index in [2.05, 4.69) is 40.7 Å². The fraction of sp³-hybridized carbons (Fsp3) is 0.933. The van der Waals surface area contributed by atoms with Crippen LogP contribution in [0.15, 0.2) is 11.6 Å². The van der Waals surface area contributed by atoms with Crippen molar-refractivity contribution in [3.05, 3.63) is 11.6 Å². The Balaban J connectivity index is 1.43. The summed E-state index contributed by atoms with van der Waals surface area (Å²) in [5, 5.41) is 10.1. The summed E-state index contributed by atoms with van der Waals surface area (Å²) < 4.78 is 5.97. The molecule has 0 heterocycles. The molecule has 190 valence electrons. The van der Waals surface area contributed by atoms with Gasteiger partial charge in [0.15, 0.2) is 6.29 Å². The van der Waals surface area contributed by atoms with Gasteiger partial charge >= 0.3 is 0 Å². The first kappa shape index (κ1) is 25.7. The average Bonchev–Trinajstić information content (AvgIpc) is 3.11. The molecule has 0 aromatic rings. The molecular weight excluding hydrogens is 406 g/mol. The van der Waals surface area contributed by atoms with E-state index in [0.717, 1.165) is 48.3 Å². The van der Waals surface area contributed by atoms with Gasteiger partial charge in [-0.3, -0.25) is 0 Å². The number of aliphatic hydroxyl groups is 1. The molecular formula is C30H53NO2. The first-order valence-electron chi connectivity index (χ1n) is 14.4. The molecule has 0 saturated heterocycles. The van der Waals surface area contributed by atoms with Crippen LogP contribution in [0.4, 0.5) is 0 Å². The molecule has 4 rings (SSSR count). The predicted octanol–water partition coefficient (Wildman–Crippen LogP) is 7.08. The van der Waals surface area contributed by atoms with Crippen LogP contribution in [-0.4, -0.2) is 24.0 Å². The molecule has 4 aliphatic carbocycles. The molecule has 3 nitrogen and oxygen atoms in total. The Morgan fingerprint density at radius 3 is 2.55 bits per heavy atom. The van der Waals surface area contributed by atoms with Crippen LogP contribution in [0.1, 0.15) is 112 Å². The first-order chi connectivity index (χ1) is 15.7. The lowest BCUT2D eigenvalue weighted by molar-refractivity contribution is -0.150. The van der Waals surface area contributed by atoms with E-state index in [1.165, 1.54) is 57.8 Å². The molecule has 3 fully saturated rings.